The van der Waals surface area contributed by atoms with Gasteiger partial charge in [-0.2, -0.15) is 0 Å². The molecule has 1 aromatic heterocycles. The summed E-state index contributed by atoms with van der Waals surface area (Å²) < 4.78 is 1.06. The average Bonchev–Trinajstić information content (AvgIpc) is 2.54. The van der Waals surface area contributed by atoms with E-state index in [1.807, 2.05) is 12.1 Å². The number of aromatic nitrogens is 2. The van der Waals surface area contributed by atoms with Gasteiger partial charge in [0.15, 0.2) is 5.15 Å². The highest BCUT2D eigenvalue weighted by Gasteiger charge is 2.20. The van der Waals surface area contributed by atoms with Crippen molar-refractivity contribution in [3.63, 3.8) is 0 Å². The molecule has 0 atom stereocenters. The second kappa shape index (κ2) is 3.29. The summed E-state index contributed by atoms with van der Waals surface area (Å²) in [7, 11) is 0. The molecule has 4 heteroatoms. The summed E-state index contributed by atoms with van der Waals surface area (Å²) in [6.07, 6.45) is 0.896. The van der Waals surface area contributed by atoms with E-state index in [9.17, 15) is 0 Å². The van der Waals surface area contributed by atoms with Gasteiger partial charge in [-0.25, -0.2) is 0 Å². The van der Waals surface area contributed by atoms with E-state index in [1.165, 1.54) is 5.56 Å². The Labute approximate surface area is 100 Å². The first kappa shape index (κ1) is 9.31. The van der Waals surface area contributed by atoms with Gasteiger partial charge in [0.1, 0.15) is 0 Å². The van der Waals surface area contributed by atoms with Crippen LogP contribution in [0.3, 0.4) is 0 Å². The Morgan fingerprint density at radius 2 is 2.00 bits per heavy atom. The Kier molecular flexibility index (Phi) is 2.04. The van der Waals surface area contributed by atoms with Crippen molar-refractivity contribution in [2.45, 2.75) is 6.42 Å². The van der Waals surface area contributed by atoms with E-state index in [2.05, 4.69) is 38.3 Å². The van der Waals surface area contributed by atoms with E-state index < -0.39 is 0 Å². The minimum Gasteiger partial charge on any atom is -0.149 e. The van der Waals surface area contributed by atoms with Crippen molar-refractivity contribution in [2.24, 2.45) is 0 Å². The molecule has 3 rings (SSSR count). The number of hydrogen-bond donors (Lipinski definition) is 0. The fraction of sp³-hybridized carbons (Fsp3) is 0.0909. The van der Waals surface area contributed by atoms with Gasteiger partial charge in [0.25, 0.3) is 0 Å². The summed E-state index contributed by atoms with van der Waals surface area (Å²) in [6, 6.07) is 8.11. The molecule has 1 heterocycles. The van der Waals surface area contributed by atoms with E-state index in [4.69, 9.17) is 11.6 Å². The van der Waals surface area contributed by atoms with E-state index in [0.29, 0.717) is 5.15 Å². The van der Waals surface area contributed by atoms with Gasteiger partial charge >= 0.3 is 0 Å². The predicted molar refractivity (Wildman–Crippen MR) is 63.0 cm³/mol. The van der Waals surface area contributed by atoms with E-state index in [1.54, 1.807) is 0 Å². The van der Waals surface area contributed by atoms with E-state index in [-0.39, 0.29) is 0 Å². The minimum atomic E-state index is 0.459. The summed E-state index contributed by atoms with van der Waals surface area (Å²) in [5, 5.41) is 8.48. The number of fused-ring (bicyclic) bond motifs is 3. The quantitative estimate of drug-likeness (QED) is 0.630. The van der Waals surface area contributed by atoms with Crippen LogP contribution in [-0.2, 0) is 6.42 Å². The number of halogens is 2. The molecule has 0 radical (unpaired) electrons. The van der Waals surface area contributed by atoms with Gasteiger partial charge in [-0.3, -0.25) is 0 Å². The Morgan fingerprint density at radius 3 is 2.87 bits per heavy atom. The second-order valence-electron chi connectivity index (χ2n) is 3.52. The molecule has 0 N–H and O–H groups in total. The number of hydrogen-bond acceptors (Lipinski definition) is 2. The van der Waals surface area contributed by atoms with Gasteiger partial charge in [0, 0.05) is 16.5 Å². The van der Waals surface area contributed by atoms with Crippen LogP contribution in [0.1, 0.15) is 11.1 Å². The average molecular weight is 282 g/mol. The van der Waals surface area contributed by atoms with Crippen molar-refractivity contribution in [2.75, 3.05) is 0 Å². The first-order chi connectivity index (χ1) is 7.24. The van der Waals surface area contributed by atoms with Crippen LogP contribution in [0.5, 0.6) is 0 Å². The molecule has 0 saturated carbocycles. The zero-order valence-corrected chi connectivity index (χ0v) is 10.0. The summed E-state index contributed by atoms with van der Waals surface area (Å²) in [5.41, 5.74) is 4.55. The molecule has 0 spiro atoms. The fourth-order valence-electron chi connectivity index (χ4n) is 1.89. The van der Waals surface area contributed by atoms with Crippen LogP contribution in [0, 0.1) is 0 Å². The van der Waals surface area contributed by atoms with Gasteiger partial charge < -0.3 is 0 Å². The Morgan fingerprint density at radius 1 is 1.13 bits per heavy atom. The van der Waals surface area contributed by atoms with Gasteiger partial charge in [0.05, 0.1) is 5.69 Å². The number of benzene rings is 1. The number of rotatable bonds is 0. The molecule has 1 aliphatic rings. The van der Waals surface area contributed by atoms with Crippen LogP contribution in [0.15, 0.2) is 28.7 Å². The Bertz CT molecular complexity index is 554. The third-order valence-electron chi connectivity index (χ3n) is 2.55. The third kappa shape index (κ3) is 1.46. The van der Waals surface area contributed by atoms with Crippen LogP contribution in [-0.4, -0.2) is 10.2 Å². The fourth-order valence-corrected chi connectivity index (χ4v) is 2.42. The normalized spacial score (nSPS) is 12.4. The molecule has 1 aliphatic carbocycles. The first-order valence-corrected chi connectivity index (χ1v) is 5.72. The van der Waals surface area contributed by atoms with Crippen LogP contribution in [0.25, 0.3) is 11.3 Å². The summed E-state index contributed by atoms with van der Waals surface area (Å²) in [4.78, 5) is 0. The molecular weight excluding hydrogens is 275 g/mol. The van der Waals surface area contributed by atoms with Crippen molar-refractivity contribution >= 4 is 27.5 Å². The standard InChI is InChI=1S/C11H6BrClN2/c12-8-2-1-6-3-7-4-10(13)14-15-11(7)9(6)5-8/h1-2,4-5H,3H2. The second-order valence-corrected chi connectivity index (χ2v) is 4.82. The lowest BCUT2D eigenvalue weighted by molar-refractivity contribution is 1.03. The van der Waals surface area contributed by atoms with Gasteiger partial charge in [-0.1, -0.05) is 33.6 Å². The van der Waals surface area contributed by atoms with Crippen molar-refractivity contribution in [3.8, 4) is 11.3 Å². The lowest BCUT2D eigenvalue weighted by Gasteiger charge is -1.99. The highest BCUT2D eigenvalue weighted by atomic mass is 79.9. The third-order valence-corrected chi connectivity index (χ3v) is 3.23. The molecule has 1 aromatic carbocycles. The summed E-state index contributed by atoms with van der Waals surface area (Å²) in [5.74, 6) is 0. The molecule has 0 unspecified atom stereocenters. The van der Waals surface area contributed by atoms with Gasteiger partial charge in [0.2, 0.25) is 0 Å². The molecule has 74 valence electrons. The topological polar surface area (TPSA) is 25.8 Å². The summed E-state index contributed by atoms with van der Waals surface area (Å²) >= 11 is 9.27. The van der Waals surface area contributed by atoms with Gasteiger partial charge in [-0.15, -0.1) is 10.2 Å². The maximum Gasteiger partial charge on any atom is 0.152 e. The molecule has 0 bridgehead atoms. The smallest absolute Gasteiger partial charge is 0.149 e. The van der Waals surface area contributed by atoms with Gasteiger partial charge in [-0.05, 0) is 29.3 Å². The van der Waals surface area contributed by atoms with Crippen LogP contribution >= 0.6 is 27.5 Å². The highest BCUT2D eigenvalue weighted by Crippen LogP contribution is 2.36. The largest absolute Gasteiger partial charge is 0.152 e. The first-order valence-electron chi connectivity index (χ1n) is 4.55. The molecular formula is C11H6BrClN2. The van der Waals surface area contributed by atoms with Crippen molar-refractivity contribution in [1.82, 2.24) is 10.2 Å². The molecule has 2 aromatic rings. The molecule has 2 nitrogen and oxygen atoms in total. The highest BCUT2D eigenvalue weighted by molar-refractivity contribution is 9.10. The van der Waals surface area contributed by atoms with Crippen LogP contribution in [0.2, 0.25) is 5.15 Å². The van der Waals surface area contributed by atoms with Crippen LogP contribution < -0.4 is 0 Å². The zero-order chi connectivity index (χ0) is 10.4. The lowest BCUT2D eigenvalue weighted by atomic mass is 10.1. The zero-order valence-electron chi connectivity index (χ0n) is 7.67. The molecule has 0 amide bonds. The molecule has 0 fully saturated rings. The minimum absolute atomic E-state index is 0.459. The molecule has 0 saturated heterocycles. The van der Waals surface area contributed by atoms with E-state index >= 15 is 0 Å². The maximum absolute atomic E-state index is 5.81. The van der Waals surface area contributed by atoms with Crippen molar-refractivity contribution < 1.29 is 0 Å². The van der Waals surface area contributed by atoms with Crippen LogP contribution in [0.4, 0.5) is 0 Å². The number of nitrogens with zero attached hydrogens (tertiary/aromatic N) is 2. The van der Waals surface area contributed by atoms with E-state index in [0.717, 1.165) is 27.7 Å². The summed E-state index contributed by atoms with van der Waals surface area (Å²) in [6.45, 7) is 0. The SMILES string of the molecule is Clc1cc2c(nn1)-c1cc(Br)ccc1C2. The Hall–Kier alpha value is -0.930. The predicted octanol–water partition coefficient (Wildman–Crippen LogP) is 3.46. The van der Waals surface area contributed by atoms with Crippen molar-refractivity contribution in [3.05, 3.63) is 45.0 Å². The lowest BCUT2D eigenvalue weighted by Crippen LogP contribution is -1.88. The molecule has 15 heavy (non-hydrogen) atoms. The van der Waals surface area contributed by atoms with Crippen molar-refractivity contribution in [1.29, 1.82) is 0 Å². The Balaban J connectivity index is 2.26. The monoisotopic (exact) mass is 280 g/mol. The molecule has 0 aliphatic heterocycles. The maximum atomic E-state index is 5.81.